The zero-order valence-corrected chi connectivity index (χ0v) is 23.2. The van der Waals surface area contributed by atoms with Crippen LogP contribution in [0.5, 0.6) is 0 Å². The first-order valence-electron chi connectivity index (χ1n) is 13.9. The zero-order chi connectivity index (χ0) is 28.3. The third-order valence-corrected chi connectivity index (χ3v) is 8.86. The number of thioether (sulfide) groups is 1. The molecule has 4 aromatic rings. The van der Waals surface area contributed by atoms with Gasteiger partial charge in [0.1, 0.15) is 11.5 Å². The molecule has 1 saturated carbocycles. The monoisotopic (exact) mass is 572 g/mol. The predicted octanol–water partition coefficient (Wildman–Crippen LogP) is 4.67. The van der Waals surface area contributed by atoms with Gasteiger partial charge in [0.05, 0.1) is 11.6 Å². The second-order valence-corrected chi connectivity index (χ2v) is 11.7. The van der Waals surface area contributed by atoms with E-state index < -0.39 is 11.4 Å². The first-order valence-corrected chi connectivity index (χ1v) is 15.0. The summed E-state index contributed by atoms with van der Waals surface area (Å²) in [6.07, 6.45) is 4.88. The standard InChI is InChI=1S/C31H29FN4O4S/c32-21-18-26-28(33-19-21)35(24-14-16-41-17-15-24)31(39)36(30(26)38)23-9-7-22(8-10-23)34-29(37)27-13-12-25(40-27)11-6-20-4-2-1-3-5-20/h1-5,12-13,18-19,22-24H,7-10,14-17H2,(H,34,37)/t22-,23+. The van der Waals surface area contributed by atoms with Crippen molar-refractivity contribution in [1.82, 2.24) is 19.4 Å². The van der Waals surface area contributed by atoms with E-state index in [0.717, 1.165) is 36.1 Å². The Morgan fingerprint density at radius 1 is 0.951 bits per heavy atom. The lowest BCUT2D eigenvalue weighted by Crippen LogP contribution is -2.46. The van der Waals surface area contributed by atoms with Crippen LogP contribution in [0, 0.1) is 17.7 Å². The van der Waals surface area contributed by atoms with Crippen LogP contribution in [-0.4, -0.2) is 37.6 Å². The number of benzene rings is 1. The summed E-state index contributed by atoms with van der Waals surface area (Å²) in [5.74, 6) is 7.41. The topological polar surface area (TPSA) is 99.1 Å². The molecule has 2 aliphatic rings. The second kappa shape index (κ2) is 11.8. The van der Waals surface area contributed by atoms with Gasteiger partial charge in [0.15, 0.2) is 11.5 Å². The van der Waals surface area contributed by atoms with Crippen LogP contribution in [-0.2, 0) is 0 Å². The average molecular weight is 573 g/mol. The molecule has 0 spiro atoms. The first-order chi connectivity index (χ1) is 20.0. The molecule has 0 unspecified atom stereocenters. The summed E-state index contributed by atoms with van der Waals surface area (Å²) >= 11 is 1.84. The number of fused-ring (bicyclic) bond motifs is 1. The summed E-state index contributed by atoms with van der Waals surface area (Å²) in [6, 6.07) is 13.4. The van der Waals surface area contributed by atoms with E-state index >= 15 is 0 Å². The number of furan rings is 1. The molecule has 1 aromatic carbocycles. The number of nitrogens with zero attached hydrogens (tertiary/aromatic N) is 3. The number of carbonyl (C=O) groups excluding carboxylic acids is 1. The predicted molar refractivity (Wildman–Crippen MR) is 156 cm³/mol. The Morgan fingerprint density at radius 2 is 1.68 bits per heavy atom. The minimum absolute atomic E-state index is 0.0812. The third-order valence-electron chi connectivity index (χ3n) is 7.81. The van der Waals surface area contributed by atoms with E-state index in [9.17, 15) is 18.8 Å². The Balaban J connectivity index is 1.17. The fraction of sp³-hybridized carbons (Fsp3) is 0.355. The van der Waals surface area contributed by atoms with Crippen molar-refractivity contribution in [2.24, 2.45) is 0 Å². The minimum Gasteiger partial charge on any atom is -0.443 e. The van der Waals surface area contributed by atoms with E-state index in [2.05, 4.69) is 22.1 Å². The van der Waals surface area contributed by atoms with Gasteiger partial charge in [0.25, 0.3) is 11.5 Å². The molecule has 4 heterocycles. The second-order valence-electron chi connectivity index (χ2n) is 10.5. The lowest BCUT2D eigenvalue weighted by Gasteiger charge is -2.31. The van der Waals surface area contributed by atoms with Crippen molar-refractivity contribution >= 4 is 28.7 Å². The molecule has 2 fully saturated rings. The number of hydrogen-bond donors (Lipinski definition) is 1. The summed E-state index contributed by atoms with van der Waals surface area (Å²) < 4.78 is 22.7. The Morgan fingerprint density at radius 3 is 2.44 bits per heavy atom. The number of carbonyl (C=O) groups is 1. The van der Waals surface area contributed by atoms with Gasteiger partial charge in [-0.3, -0.25) is 18.7 Å². The zero-order valence-electron chi connectivity index (χ0n) is 22.3. The van der Waals surface area contributed by atoms with Crippen molar-refractivity contribution < 1.29 is 13.6 Å². The molecule has 1 aliphatic heterocycles. The molecule has 0 bridgehead atoms. The molecule has 1 aliphatic carbocycles. The smallest absolute Gasteiger partial charge is 0.333 e. The van der Waals surface area contributed by atoms with E-state index in [1.165, 1.54) is 10.6 Å². The van der Waals surface area contributed by atoms with Gasteiger partial charge >= 0.3 is 5.69 Å². The fourth-order valence-electron chi connectivity index (χ4n) is 5.72. The summed E-state index contributed by atoms with van der Waals surface area (Å²) in [5.41, 5.74) is 0.209. The maximum atomic E-state index is 14.1. The van der Waals surface area contributed by atoms with Gasteiger partial charge in [-0.1, -0.05) is 24.1 Å². The van der Waals surface area contributed by atoms with Crippen molar-refractivity contribution in [3.05, 3.63) is 98.5 Å². The summed E-state index contributed by atoms with van der Waals surface area (Å²) in [6.45, 7) is 0. The number of amides is 1. The lowest BCUT2D eigenvalue weighted by molar-refractivity contribution is 0.0893. The van der Waals surface area contributed by atoms with Crippen molar-refractivity contribution in [3.63, 3.8) is 0 Å². The van der Waals surface area contributed by atoms with Crippen LogP contribution in [0.25, 0.3) is 11.0 Å². The van der Waals surface area contributed by atoms with Crippen LogP contribution in [0.2, 0.25) is 0 Å². The Kier molecular flexibility index (Phi) is 7.79. The molecule has 3 aromatic heterocycles. The van der Waals surface area contributed by atoms with E-state index in [1.807, 2.05) is 42.1 Å². The van der Waals surface area contributed by atoms with Gasteiger partial charge in [0.2, 0.25) is 0 Å². The molecular formula is C31H29FN4O4S. The SMILES string of the molecule is O=C(N[C@H]1CC[C@@H](n2c(=O)c3cc(F)cnc3n(C3CCSCC3)c2=O)CC1)c1ccc(C#Cc2ccccc2)o1. The molecule has 8 nitrogen and oxygen atoms in total. The fourth-order valence-corrected chi connectivity index (χ4v) is 6.80. The summed E-state index contributed by atoms with van der Waals surface area (Å²) in [7, 11) is 0. The first kappa shape index (κ1) is 27.1. The lowest BCUT2D eigenvalue weighted by atomic mass is 9.90. The minimum atomic E-state index is -0.607. The molecule has 0 radical (unpaired) electrons. The molecule has 41 heavy (non-hydrogen) atoms. The van der Waals surface area contributed by atoms with E-state index in [4.69, 9.17) is 4.42 Å². The summed E-state index contributed by atoms with van der Waals surface area (Å²) in [5, 5.41) is 3.14. The number of hydrogen-bond acceptors (Lipinski definition) is 6. The quantitative estimate of drug-likeness (QED) is 0.357. The highest BCUT2D eigenvalue weighted by Crippen LogP contribution is 2.30. The Bertz CT molecular complexity index is 1750. The Labute approximate surface area is 240 Å². The number of pyridine rings is 1. The largest absolute Gasteiger partial charge is 0.443 e. The van der Waals surface area contributed by atoms with Crippen LogP contribution in [0.3, 0.4) is 0 Å². The van der Waals surface area contributed by atoms with Crippen LogP contribution in [0.15, 0.2) is 68.7 Å². The molecule has 1 N–H and O–H groups in total. The van der Waals surface area contributed by atoms with Crippen LogP contribution < -0.4 is 16.6 Å². The molecule has 6 rings (SSSR count). The van der Waals surface area contributed by atoms with Gasteiger partial charge in [-0.15, -0.1) is 0 Å². The van der Waals surface area contributed by atoms with Gasteiger partial charge in [-0.05, 0) is 86.3 Å². The average Bonchev–Trinajstić information content (AvgIpc) is 3.48. The van der Waals surface area contributed by atoms with E-state index in [0.29, 0.717) is 31.4 Å². The maximum Gasteiger partial charge on any atom is 0.333 e. The molecule has 10 heteroatoms. The van der Waals surface area contributed by atoms with Crippen LogP contribution >= 0.6 is 11.8 Å². The molecule has 210 valence electrons. The summed E-state index contributed by atoms with van der Waals surface area (Å²) in [4.78, 5) is 44.3. The van der Waals surface area contributed by atoms with Crippen LogP contribution in [0.1, 0.15) is 72.5 Å². The molecule has 0 atom stereocenters. The van der Waals surface area contributed by atoms with Crippen molar-refractivity contribution in [1.29, 1.82) is 0 Å². The van der Waals surface area contributed by atoms with Gasteiger partial charge in [0, 0.05) is 23.7 Å². The highest BCUT2D eigenvalue weighted by molar-refractivity contribution is 7.99. The molecule has 1 amide bonds. The van der Waals surface area contributed by atoms with E-state index in [-0.39, 0.29) is 46.5 Å². The molecular weight excluding hydrogens is 543 g/mol. The Hall–Kier alpha value is -4.10. The number of nitrogens with one attached hydrogen (secondary N) is 1. The maximum absolute atomic E-state index is 14.1. The normalized spacial score (nSPS) is 19.4. The van der Waals surface area contributed by atoms with Gasteiger partial charge in [-0.2, -0.15) is 11.8 Å². The van der Waals surface area contributed by atoms with Gasteiger partial charge in [-0.25, -0.2) is 14.2 Å². The van der Waals surface area contributed by atoms with Crippen molar-refractivity contribution in [2.75, 3.05) is 11.5 Å². The number of halogens is 1. The number of rotatable bonds is 4. The highest BCUT2D eigenvalue weighted by Gasteiger charge is 2.30. The molecule has 1 saturated heterocycles. The van der Waals surface area contributed by atoms with Crippen molar-refractivity contribution in [3.8, 4) is 11.8 Å². The van der Waals surface area contributed by atoms with Crippen molar-refractivity contribution in [2.45, 2.75) is 56.7 Å². The van der Waals surface area contributed by atoms with Gasteiger partial charge < -0.3 is 9.73 Å². The highest BCUT2D eigenvalue weighted by atomic mass is 32.2. The van der Waals surface area contributed by atoms with E-state index in [1.54, 1.807) is 16.7 Å². The van der Waals surface area contributed by atoms with Crippen LogP contribution in [0.4, 0.5) is 4.39 Å². The number of aromatic nitrogens is 3. The third kappa shape index (κ3) is 5.72.